The van der Waals surface area contributed by atoms with E-state index in [4.69, 9.17) is 4.74 Å². The lowest BCUT2D eigenvalue weighted by Crippen LogP contribution is -2.53. The standard InChI is InChI=1S/C18H21B2FN2O2/c1-11-8-13(4-5-16(11)21)14-9-15(12(2)22-10-14)18(19,20)23-6-3-7-25-17(23)24/h4-5,8-10H,3,6-7,19-20H2,1-2H3. The Kier molecular flexibility index (Phi) is 4.58. The molecule has 0 saturated carbocycles. The molecule has 0 N–H and O–H groups in total. The number of amides is 1. The Morgan fingerprint density at radius 2 is 2.00 bits per heavy atom. The Labute approximate surface area is 149 Å². The third-order valence-corrected chi connectivity index (χ3v) is 4.88. The predicted molar refractivity (Wildman–Crippen MR) is 101 cm³/mol. The van der Waals surface area contributed by atoms with Gasteiger partial charge >= 0.3 is 6.09 Å². The smallest absolute Gasteiger partial charge is 0.409 e. The third-order valence-electron chi connectivity index (χ3n) is 4.88. The molecule has 2 aromatic rings. The molecule has 0 aliphatic carbocycles. The van der Waals surface area contributed by atoms with Crippen LogP contribution in [-0.4, -0.2) is 44.8 Å². The number of benzene rings is 1. The van der Waals surface area contributed by atoms with E-state index in [-0.39, 0.29) is 11.9 Å². The number of hydrogen-bond acceptors (Lipinski definition) is 3. The van der Waals surface area contributed by atoms with Crippen LogP contribution in [0.15, 0.2) is 30.5 Å². The maximum absolute atomic E-state index is 13.6. The number of ether oxygens (including phenoxy) is 1. The second-order valence-electron chi connectivity index (χ2n) is 7.00. The van der Waals surface area contributed by atoms with E-state index in [0.717, 1.165) is 28.8 Å². The Bertz CT molecular complexity index is 827. The number of aromatic nitrogens is 1. The van der Waals surface area contributed by atoms with Crippen molar-refractivity contribution in [3.8, 4) is 11.1 Å². The van der Waals surface area contributed by atoms with Crippen molar-refractivity contribution in [2.24, 2.45) is 0 Å². The van der Waals surface area contributed by atoms with Crippen LogP contribution < -0.4 is 0 Å². The molecule has 2 heterocycles. The SMILES string of the molecule is BC(B)(c1cc(-c2ccc(F)c(C)c2)cnc1C)N1CCCOC1=O. The number of carbonyl (C=O) groups excluding carboxylic acids is 1. The van der Waals surface area contributed by atoms with E-state index in [1.807, 2.05) is 34.7 Å². The molecule has 0 bridgehead atoms. The van der Waals surface area contributed by atoms with Gasteiger partial charge in [0.25, 0.3) is 0 Å². The molecular formula is C18H21B2FN2O2. The monoisotopic (exact) mass is 338 g/mol. The molecule has 1 fully saturated rings. The van der Waals surface area contributed by atoms with Gasteiger partial charge in [-0.3, -0.25) is 4.98 Å². The summed E-state index contributed by atoms with van der Waals surface area (Å²) in [6.07, 6.45) is 2.31. The van der Waals surface area contributed by atoms with E-state index in [1.165, 1.54) is 6.07 Å². The van der Waals surface area contributed by atoms with Crippen molar-refractivity contribution in [1.29, 1.82) is 0 Å². The lowest BCUT2D eigenvalue weighted by atomic mass is 9.56. The van der Waals surface area contributed by atoms with Gasteiger partial charge in [-0.05, 0) is 55.2 Å². The van der Waals surface area contributed by atoms with Crippen molar-refractivity contribution in [2.75, 3.05) is 13.2 Å². The molecule has 3 rings (SSSR count). The van der Waals surface area contributed by atoms with E-state index in [1.54, 1.807) is 24.1 Å². The maximum atomic E-state index is 13.6. The fraction of sp³-hybridized carbons (Fsp3) is 0.333. The van der Waals surface area contributed by atoms with Crippen molar-refractivity contribution in [3.05, 3.63) is 53.1 Å². The normalized spacial score (nSPS) is 15.2. The number of hydrogen-bond donors (Lipinski definition) is 0. The van der Waals surface area contributed by atoms with Gasteiger partial charge in [-0.1, -0.05) is 6.07 Å². The van der Waals surface area contributed by atoms with Crippen molar-refractivity contribution in [3.63, 3.8) is 0 Å². The van der Waals surface area contributed by atoms with Gasteiger partial charge in [-0.2, -0.15) is 0 Å². The topological polar surface area (TPSA) is 42.4 Å². The molecule has 7 heteroatoms. The first kappa shape index (κ1) is 17.5. The van der Waals surface area contributed by atoms with Crippen LogP contribution in [-0.2, 0) is 10.1 Å². The summed E-state index contributed by atoms with van der Waals surface area (Å²) >= 11 is 0. The Morgan fingerprint density at radius 1 is 1.24 bits per heavy atom. The van der Waals surface area contributed by atoms with Crippen LogP contribution in [0.4, 0.5) is 9.18 Å². The van der Waals surface area contributed by atoms with Crippen molar-refractivity contribution in [2.45, 2.75) is 25.6 Å². The van der Waals surface area contributed by atoms with Gasteiger partial charge in [-0.15, -0.1) is 0 Å². The highest BCUT2D eigenvalue weighted by molar-refractivity contribution is 6.40. The predicted octanol–water partition coefficient (Wildman–Crippen LogP) is 1.72. The molecule has 1 aliphatic heterocycles. The highest BCUT2D eigenvalue weighted by atomic mass is 19.1. The molecule has 0 radical (unpaired) electrons. The van der Waals surface area contributed by atoms with Gasteiger partial charge in [0.1, 0.15) is 21.5 Å². The highest BCUT2D eigenvalue weighted by Crippen LogP contribution is 2.31. The van der Waals surface area contributed by atoms with Crippen molar-refractivity contribution in [1.82, 2.24) is 9.88 Å². The summed E-state index contributed by atoms with van der Waals surface area (Å²) in [6.45, 7) is 4.81. The van der Waals surface area contributed by atoms with E-state index >= 15 is 0 Å². The van der Waals surface area contributed by atoms with Gasteiger partial charge in [0, 0.05) is 29.3 Å². The minimum atomic E-state index is -0.542. The summed E-state index contributed by atoms with van der Waals surface area (Å²) in [5.74, 6) is -0.222. The molecular weight excluding hydrogens is 317 g/mol. The quantitative estimate of drug-likeness (QED) is 0.801. The van der Waals surface area contributed by atoms with E-state index in [0.29, 0.717) is 18.7 Å². The molecule has 0 atom stereocenters. The zero-order chi connectivity index (χ0) is 18.2. The van der Waals surface area contributed by atoms with E-state index in [9.17, 15) is 9.18 Å². The molecule has 0 spiro atoms. The Morgan fingerprint density at radius 3 is 2.68 bits per heavy atom. The molecule has 25 heavy (non-hydrogen) atoms. The van der Waals surface area contributed by atoms with Crippen LogP contribution in [0, 0.1) is 19.7 Å². The fourth-order valence-corrected chi connectivity index (χ4v) is 3.34. The number of carbonyl (C=O) groups is 1. The molecule has 1 saturated heterocycles. The summed E-state index contributed by atoms with van der Waals surface area (Å²) in [4.78, 5) is 18.5. The molecule has 1 aromatic heterocycles. The van der Waals surface area contributed by atoms with Gasteiger partial charge in [0.2, 0.25) is 0 Å². The van der Waals surface area contributed by atoms with Crippen LogP contribution in [0.5, 0.6) is 0 Å². The second kappa shape index (κ2) is 6.54. The summed E-state index contributed by atoms with van der Waals surface area (Å²) in [7, 11) is 4.01. The first-order valence-electron chi connectivity index (χ1n) is 8.49. The maximum Gasteiger partial charge on any atom is 0.409 e. The number of nitrogens with zero attached hydrogens (tertiary/aromatic N) is 2. The van der Waals surface area contributed by atoms with Gasteiger partial charge in [-0.25, -0.2) is 9.18 Å². The molecule has 1 amide bonds. The first-order chi connectivity index (χ1) is 11.8. The molecule has 1 aliphatic rings. The summed E-state index contributed by atoms with van der Waals surface area (Å²) < 4.78 is 18.8. The highest BCUT2D eigenvalue weighted by Gasteiger charge is 2.36. The van der Waals surface area contributed by atoms with Crippen LogP contribution in [0.3, 0.4) is 0 Å². The molecule has 4 nitrogen and oxygen atoms in total. The molecule has 0 unspecified atom stereocenters. The van der Waals surface area contributed by atoms with Gasteiger partial charge < -0.3 is 9.64 Å². The number of pyridine rings is 1. The number of halogens is 1. The van der Waals surface area contributed by atoms with Crippen molar-refractivity contribution < 1.29 is 13.9 Å². The van der Waals surface area contributed by atoms with Crippen LogP contribution in [0.1, 0.15) is 23.2 Å². The van der Waals surface area contributed by atoms with Gasteiger partial charge in [0.05, 0.1) is 6.61 Å². The minimum Gasteiger partial charge on any atom is -0.449 e. The average Bonchev–Trinajstić information content (AvgIpc) is 2.58. The zero-order valence-corrected chi connectivity index (χ0v) is 15.1. The zero-order valence-electron chi connectivity index (χ0n) is 15.1. The van der Waals surface area contributed by atoms with E-state index < -0.39 is 5.34 Å². The van der Waals surface area contributed by atoms with E-state index in [2.05, 4.69) is 4.98 Å². The molecule has 1 aromatic carbocycles. The summed E-state index contributed by atoms with van der Waals surface area (Å²) in [5, 5.41) is -0.542. The Balaban J connectivity index is 2.04. The Hall–Kier alpha value is -2.30. The summed E-state index contributed by atoms with van der Waals surface area (Å²) in [5.41, 5.74) is 4.24. The lowest BCUT2D eigenvalue weighted by molar-refractivity contribution is 0.0603. The minimum absolute atomic E-state index is 0.222. The first-order valence-corrected chi connectivity index (χ1v) is 8.49. The van der Waals surface area contributed by atoms with Crippen LogP contribution in [0.25, 0.3) is 11.1 Å². The number of aryl methyl sites for hydroxylation is 2. The van der Waals surface area contributed by atoms with Gasteiger partial charge in [0.15, 0.2) is 0 Å². The largest absolute Gasteiger partial charge is 0.449 e. The number of rotatable bonds is 3. The number of cyclic esters (lactones) is 1. The van der Waals surface area contributed by atoms with Crippen molar-refractivity contribution >= 4 is 21.8 Å². The van der Waals surface area contributed by atoms with Crippen LogP contribution in [0.2, 0.25) is 0 Å². The molecule has 128 valence electrons. The average molecular weight is 338 g/mol. The summed E-state index contributed by atoms with van der Waals surface area (Å²) in [6, 6.07) is 7.07. The second-order valence-corrected chi connectivity index (χ2v) is 7.00. The van der Waals surface area contributed by atoms with Crippen LogP contribution >= 0.6 is 0 Å². The third kappa shape index (κ3) is 3.28. The fourth-order valence-electron chi connectivity index (χ4n) is 3.34. The lowest BCUT2D eigenvalue weighted by Gasteiger charge is -2.41.